The second kappa shape index (κ2) is 10.1. The summed E-state index contributed by atoms with van der Waals surface area (Å²) in [6.45, 7) is 6.33. The quantitative estimate of drug-likeness (QED) is 0.217. The van der Waals surface area contributed by atoms with E-state index in [4.69, 9.17) is 51.1 Å². The van der Waals surface area contributed by atoms with E-state index in [-0.39, 0.29) is 31.2 Å². The summed E-state index contributed by atoms with van der Waals surface area (Å²) in [4.78, 5) is 52.2. The topological polar surface area (TPSA) is 92.8 Å². The molecule has 7 nitrogen and oxygen atoms in total. The Balaban J connectivity index is 1.81. The highest BCUT2D eigenvalue weighted by atomic mass is 35.5. The van der Waals surface area contributed by atoms with Gasteiger partial charge >= 0.3 is 5.97 Å². The van der Waals surface area contributed by atoms with Crippen molar-refractivity contribution in [2.24, 2.45) is 5.92 Å². The van der Waals surface area contributed by atoms with Crippen LogP contribution in [0.5, 0.6) is 0 Å². The fourth-order valence-electron chi connectivity index (χ4n) is 3.57. The molecule has 0 radical (unpaired) electrons. The fourth-order valence-corrected chi connectivity index (χ4v) is 4.59. The third-order valence-corrected chi connectivity index (χ3v) is 7.10. The third-order valence-electron chi connectivity index (χ3n) is 5.30. The van der Waals surface area contributed by atoms with E-state index in [0.29, 0.717) is 10.6 Å². The van der Waals surface area contributed by atoms with E-state index in [0.717, 1.165) is 11.1 Å². The Labute approximate surface area is 216 Å². The van der Waals surface area contributed by atoms with Crippen molar-refractivity contribution < 1.29 is 23.9 Å². The van der Waals surface area contributed by atoms with Crippen LogP contribution in [0.15, 0.2) is 18.2 Å². The van der Waals surface area contributed by atoms with E-state index in [2.05, 4.69) is 5.32 Å². The number of imide groups is 1. The lowest BCUT2D eigenvalue weighted by atomic mass is 10.0. The van der Waals surface area contributed by atoms with Crippen LogP contribution in [0.25, 0.3) is 0 Å². The summed E-state index contributed by atoms with van der Waals surface area (Å²) < 4.78 is 5.17. The van der Waals surface area contributed by atoms with Crippen LogP contribution < -0.4 is 5.32 Å². The molecule has 0 aromatic heterocycles. The highest BCUT2D eigenvalue weighted by Gasteiger charge is 2.48. The molecular weight excluding hydrogens is 526 g/mol. The number of esters is 1. The van der Waals surface area contributed by atoms with Crippen LogP contribution in [0.4, 0.5) is 5.69 Å². The largest absolute Gasteiger partial charge is 0.454 e. The van der Waals surface area contributed by atoms with Crippen molar-refractivity contribution in [3.8, 4) is 0 Å². The van der Waals surface area contributed by atoms with Crippen molar-refractivity contribution in [1.29, 1.82) is 0 Å². The number of hydrogen-bond donors (Lipinski definition) is 1. The van der Waals surface area contributed by atoms with Gasteiger partial charge in [0.05, 0.1) is 31.2 Å². The average molecular weight is 546 g/mol. The van der Waals surface area contributed by atoms with Gasteiger partial charge in [-0.25, -0.2) is 4.79 Å². The van der Waals surface area contributed by atoms with Gasteiger partial charge in [0.25, 0.3) is 17.7 Å². The summed E-state index contributed by atoms with van der Waals surface area (Å²) in [5, 5.41) is 1.84. The number of anilines is 1. The zero-order valence-electron chi connectivity index (χ0n) is 18.6. The molecule has 0 spiro atoms. The van der Waals surface area contributed by atoms with Crippen LogP contribution in [-0.4, -0.2) is 41.2 Å². The van der Waals surface area contributed by atoms with Crippen LogP contribution in [0.2, 0.25) is 20.1 Å². The molecule has 1 aliphatic rings. The predicted molar refractivity (Wildman–Crippen MR) is 131 cm³/mol. The highest BCUT2D eigenvalue weighted by Crippen LogP contribution is 2.45. The van der Waals surface area contributed by atoms with Crippen molar-refractivity contribution in [2.75, 3.05) is 11.9 Å². The number of halogens is 4. The number of nitrogens with zero attached hydrogens (tertiary/aromatic N) is 1. The maximum Gasteiger partial charge on any atom is 0.330 e. The number of carbonyl (C=O) groups is 4. The first-order valence-electron chi connectivity index (χ1n) is 10.1. The summed E-state index contributed by atoms with van der Waals surface area (Å²) in [5.74, 6) is -3.79. The van der Waals surface area contributed by atoms with Gasteiger partial charge in [-0.2, -0.15) is 0 Å². The Morgan fingerprint density at radius 2 is 1.47 bits per heavy atom. The number of nitrogens with one attached hydrogen (secondary N) is 1. The zero-order chi connectivity index (χ0) is 25.5. The van der Waals surface area contributed by atoms with Gasteiger partial charge in [0, 0.05) is 5.69 Å². The number of benzene rings is 2. The Morgan fingerprint density at radius 1 is 0.941 bits per heavy atom. The van der Waals surface area contributed by atoms with Crippen molar-refractivity contribution >= 4 is 75.8 Å². The number of ether oxygens (including phenoxy) is 1. The van der Waals surface area contributed by atoms with E-state index in [1.807, 2.05) is 26.0 Å². The van der Waals surface area contributed by atoms with Gasteiger partial charge in [0.1, 0.15) is 6.04 Å². The SMILES string of the molecule is Cc1ccc(C)c(NC(=O)COC(=O)[C@@H](C(C)C)N2C(=O)c3c(Cl)c(Cl)c(Cl)c(Cl)c3C2=O)c1. The van der Waals surface area contributed by atoms with Crippen molar-refractivity contribution in [3.63, 3.8) is 0 Å². The number of amides is 3. The smallest absolute Gasteiger partial charge is 0.330 e. The van der Waals surface area contributed by atoms with Crippen molar-refractivity contribution in [1.82, 2.24) is 4.90 Å². The summed E-state index contributed by atoms with van der Waals surface area (Å²) >= 11 is 24.4. The van der Waals surface area contributed by atoms with Gasteiger partial charge in [-0.1, -0.05) is 72.4 Å². The molecule has 0 saturated heterocycles. The number of hydrogen-bond acceptors (Lipinski definition) is 5. The predicted octanol–water partition coefficient (Wildman–Crippen LogP) is 5.72. The normalized spacial score (nSPS) is 13.9. The maximum atomic E-state index is 13.1. The minimum absolute atomic E-state index is 0.179. The summed E-state index contributed by atoms with van der Waals surface area (Å²) in [6, 6.07) is 4.20. The molecular formula is C23H20Cl4N2O5. The average Bonchev–Trinajstić information content (AvgIpc) is 3.02. The summed E-state index contributed by atoms with van der Waals surface area (Å²) in [7, 11) is 0. The molecule has 3 rings (SSSR count). The molecule has 3 amide bonds. The second-order valence-corrected chi connectivity index (χ2v) is 9.66. The summed E-state index contributed by atoms with van der Waals surface area (Å²) in [6.07, 6.45) is 0. The maximum absolute atomic E-state index is 13.1. The van der Waals surface area contributed by atoms with Gasteiger partial charge in [0.2, 0.25) is 0 Å². The molecule has 1 heterocycles. The molecule has 1 aliphatic heterocycles. The molecule has 0 fully saturated rings. The fraction of sp³-hybridized carbons (Fsp3) is 0.304. The molecule has 0 bridgehead atoms. The molecule has 0 unspecified atom stereocenters. The molecule has 1 atom stereocenters. The van der Waals surface area contributed by atoms with E-state index in [1.54, 1.807) is 19.9 Å². The zero-order valence-corrected chi connectivity index (χ0v) is 21.6. The minimum atomic E-state index is -1.34. The van der Waals surface area contributed by atoms with Crippen molar-refractivity contribution in [3.05, 3.63) is 60.5 Å². The molecule has 1 N–H and O–H groups in total. The van der Waals surface area contributed by atoms with E-state index >= 15 is 0 Å². The van der Waals surface area contributed by atoms with Gasteiger partial charge in [-0.15, -0.1) is 0 Å². The summed E-state index contributed by atoms with van der Waals surface area (Å²) in [5.41, 5.74) is 1.89. The second-order valence-electron chi connectivity index (χ2n) is 8.15. The number of fused-ring (bicyclic) bond motifs is 1. The number of aryl methyl sites for hydroxylation is 2. The van der Waals surface area contributed by atoms with Gasteiger partial charge in [0.15, 0.2) is 6.61 Å². The third kappa shape index (κ3) is 4.75. The van der Waals surface area contributed by atoms with Gasteiger partial charge < -0.3 is 10.1 Å². The molecule has 0 saturated carbocycles. The first kappa shape index (κ1) is 26.3. The highest BCUT2D eigenvalue weighted by molar-refractivity contribution is 6.55. The van der Waals surface area contributed by atoms with Gasteiger partial charge in [-0.05, 0) is 37.0 Å². The van der Waals surface area contributed by atoms with E-state index in [9.17, 15) is 19.2 Å². The van der Waals surface area contributed by atoms with Gasteiger partial charge in [-0.3, -0.25) is 19.3 Å². The molecule has 11 heteroatoms. The Hall–Kier alpha value is -2.32. The van der Waals surface area contributed by atoms with E-state index in [1.165, 1.54) is 0 Å². The van der Waals surface area contributed by atoms with Crippen LogP contribution in [0.3, 0.4) is 0 Å². The monoisotopic (exact) mass is 544 g/mol. The lowest BCUT2D eigenvalue weighted by Gasteiger charge is -2.27. The minimum Gasteiger partial charge on any atom is -0.454 e. The molecule has 2 aromatic carbocycles. The first-order valence-corrected chi connectivity index (χ1v) is 11.7. The number of rotatable bonds is 6. The molecule has 180 valence electrons. The Morgan fingerprint density at radius 3 is 1.97 bits per heavy atom. The Kier molecular flexibility index (Phi) is 7.82. The van der Waals surface area contributed by atoms with Crippen LogP contribution >= 0.6 is 46.4 Å². The lowest BCUT2D eigenvalue weighted by molar-refractivity contribution is -0.152. The van der Waals surface area contributed by atoms with Crippen LogP contribution in [0, 0.1) is 19.8 Å². The standard InChI is InChI=1S/C23H20Cl4N2O5/c1-9(2)20(23(33)34-8-13(30)28-12-7-10(3)5-6-11(12)4)29-21(31)14-15(22(29)32)17(25)19(27)18(26)16(14)24/h5-7,9,20H,8H2,1-4H3,(H,28,30)/t20-/m1/s1. The molecule has 34 heavy (non-hydrogen) atoms. The van der Waals surface area contributed by atoms with Crippen molar-refractivity contribution in [2.45, 2.75) is 33.7 Å². The number of carbonyl (C=O) groups excluding carboxylic acids is 4. The molecule has 0 aliphatic carbocycles. The lowest BCUT2D eigenvalue weighted by Crippen LogP contribution is -2.49. The first-order chi connectivity index (χ1) is 15.9. The van der Waals surface area contributed by atoms with Crippen LogP contribution in [0.1, 0.15) is 45.7 Å². The van der Waals surface area contributed by atoms with Crippen LogP contribution in [-0.2, 0) is 14.3 Å². The Bertz CT molecular complexity index is 1180. The van der Waals surface area contributed by atoms with E-state index < -0.39 is 42.3 Å². The molecule has 2 aromatic rings.